The van der Waals surface area contributed by atoms with Crippen LogP contribution in [0.2, 0.25) is 0 Å². The Kier molecular flexibility index (Phi) is 4.11. The van der Waals surface area contributed by atoms with Gasteiger partial charge in [-0.2, -0.15) is 0 Å². The molecule has 0 aliphatic carbocycles. The minimum Gasteiger partial charge on any atom is -0.348 e. The van der Waals surface area contributed by atoms with Gasteiger partial charge in [0.25, 0.3) is 0 Å². The second-order valence-corrected chi connectivity index (χ2v) is 5.75. The molecule has 0 atom stereocenters. The molecule has 1 fully saturated rings. The average Bonchev–Trinajstić information content (AvgIpc) is 2.88. The minimum atomic E-state index is 0.814. The molecule has 1 aliphatic rings. The van der Waals surface area contributed by atoms with E-state index in [9.17, 15) is 0 Å². The van der Waals surface area contributed by atoms with Crippen LogP contribution in [-0.2, 0) is 13.0 Å². The SMILES string of the molecule is Cc1[nH]cnc1CN1CCC(Cc2ccncc2)CC1. The van der Waals surface area contributed by atoms with Gasteiger partial charge in [-0.1, -0.05) is 0 Å². The number of rotatable bonds is 4. The van der Waals surface area contributed by atoms with Crippen LogP contribution in [0.25, 0.3) is 0 Å². The molecule has 3 heterocycles. The molecule has 2 aromatic rings. The van der Waals surface area contributed by atoms with Crippen LogP contribution < -0.4 is 0 Å². The second kappa shape index (κ2) is 6.18. The molecule has 0 amide bonds. The van der Waals surface area contributed by atoms with E-state index in [0.717, 1.165) is 12.5 Å². The molecule has 0 radical (unpaired) electrons. The Morgan fingerprint density at radius 3 is 2.65 bits per heavy atom. The molecular weight excluding hydrogens is 248 g/mol. The van der Waals surface area contributed by atoms with Crippen molar-refractivity contribution in [1.29, 1.82) is 0 Å². The van der Waals surface area contributed by atoms with Crippen LogP contribution in [0, 0.1) is 12.8 Å². The van der Waals surface area contributed by atoms with Gasteiger partial charge in [0.15, 0.2) is 0 Å². The second-order valence-electron chi connectivity index (χ2n) is 5.75. The van der Waals surface area contributed by atoms with Crippen molar-refractivity contribution in [2.75, 3.05) is 13.1 Å². The highest BCUT2D eigenvalue weighted by Gasteiger charge is 2.20. The maximum Gasteiger partial charge on any atom is 0.0925 e. The number of aromatic nitrogens is 3. The van der Waals surface area contributed by atoms with E-state index in [2.05, 4.69) is 38.9 Å². The maximum absolute atomic E-state index is 4.39. The Bertz CT molecular complexity index is 526. The lowest BCUT2D eigenvalue weighted by atomic mass is 9.90. The van der Waals surface area contributed by atoms with Crippen molar-refractivity contribution < 1.29 is 0 Å². The van der Waals surface area contributed by atoms with Crippen LogP contribution in [-0.4, -0.2) is 32.9 Å². The number of aromatic amines is 1. The van der Waals surface area contributed by atoms with Gasteiger partial charge in [-0.05, 0) is 62.9 Å². The van der Waals surface area contributed by atoms with E-state index < -0.39 is 0 Å². The van der Waals surface area contributed by atoms with Gasteiger partial charge in [0.05, 0.1) is 12.0 Å². The summed E-state index contributed by atoms with van der Waals surface area (Å²) >= 11 is 0. The Labute approximate surface area is 120 Å². The number of hydrogen-bond acceptors (Lipinski definition) is 3. The molecule has 0 saturated carbocycles. The summed E-state index contributed by atoms with van der Waals surface area (Å²) in [5.74, 6) is 0.814. The third-order valence-electron chi connectivity index (χ3n) is 4.29. The maximum atomic E-state index is 4.39. The molecule has 0 spiro atoms. The van der Waals surface area contributed by atoms with Crippen molar-refractivity contribution in [3.63, 3.8) is 0 Å². The number of H-pyrrole nitrogens is 1. The Morgan fingerprint density at radius 2 is 2.00 bits per heavy atom. The molecule has 20 heavy (non-hydrogen) atoms. The van der Waals surface area contributed by atoms with Crippen LogP contribution >= 0.6 is 0 Å². The number of likely N-dealkylation sites (tertiary alicyclic amines) is 1. The highest BCUT2D eigenvalue weighted by Crippen LogP contribution is 2.22. The Hall–Kier alpha value is -1.68. The van der Waals surface area contributed by atoms with Crippen LogP contribution in [0.3, 0.4) is 0 Å². The number of pyridine rings is 1. The first-order chi connectivity index (χ1) is 9.81. The quantitative estimate of drug-likeness (QED) is 0.928. The van der Waals surface area contributed by atoms with Gasteiger partial charge < -0.3 is 4.98 Å². The van der Waals surface area contributed by atoms with E-state index in [0.29, 0.717) is 0 Å². The Morgan fingerprint density at radius 1 is 1.25 bits per heavy atom. The van der Waals surface area contributed by atoms with Gasteiger partial charge in [0.1, 0.15) is 0 Å². The zero-order valence-electron chi connectivity index (χ0n) is 12.0. The van der Waals surface area contributed by atoms with Gasteiger partial charge in [0.2, 0.25) is 0 Å². The van der Waals surface area contributed by atoms with Gasteiger partial charge in [0, 0.05) is 24.6 Å². The summed E-state index contributed by atoms with van der Waals surface area (Å²) in [6.07, 6.45) is 9.34. The first-order valence-corrected chi connectivity index (χ1v) is 7.41. The molecular formula is C16H22N4. The molecule has 0 bridgehead atoms. The molecule has 3 rings (SSSR count). The van der Waals surface area contributed by atoms with Crippen molar-refractivity contribution >= 4 is 0 Å². The molecule has 2 aromatic heterocycles. The zero-order chi connectivity index (χ0) is 13.8. The van der Waals surface area contributed by atoms with E-state index in [1.165, 1.54) is 49.3 Å². The number of aryl methyl sites for hydroxylation is 1. The highest BCUT2D eigenvalue weighted by molar-refractivity contribution is 5.11. The zero-order valence-corrected chi connectivity index (χ0v) is 12.0. The van der Waals surface area contributed by atoms with Crippen LogP contribution in [0.1, 0.15) is 29.8 Å². The molecule has 1 saturated heterocycles. The van der Waals surface area contributed by atoms with Crippen LogP contribution in [0.15, 0.2) is 30.9 Å². The van der Waals surface area contributed by atoms with Crippen molar-refractivity contribution in [1.82, 2.24) is 19.9 Å². The van der Waals surface area contributed by atoms with E-state index in [1.807, 2.05) is 12.4 Å². The third kappa shape index (κ3) is 3.25. The summed E-state index contributed by atoms with van der Waals surface area (Å²) < 4.78 is 0. The van der Waals surface area contributed by atoms with Crippen LogP contribution in [0.5, 0.6) is 0 Å². The van der Waals surface area contributed by atoms with E-state index in [1.54, 1.807) is 6.33 Å². The fraction of sp³-hybridized carbons (Fsp3) is 0.500. The number of imidazole rings is 1. The molecule has 4 nitrogen and oxygen atoms in total. The number of piperidine rings is 1. The van der Waals surface area contributed by atoms with Crippen molar-refractivity contribution in [3.8, 4) is 0 Å². The standard InChI is InChI=1S/C16H22N4/c1-13-16(19-12-18-13)11-20-8-4-15(5-9-20)10-14-2-6-17-7-3-14/h2-3,6-7,12,15H,4-5,8-11H2,1H3,(H,18,19). The number of hydrogen-bond donors (Lipinski definition) is 1. The molecule has 0 unspecified atom stereocenters. The predicted molar refractivity (Wildman–Crippen MR) is 79.3 cm³/mol. The van der Waals surface area contributed by atoms with E-state index >= 15 is 0 Å². The summed E-state index contributed by atoms with van der Waals surface area (Å²) in [5, 5.41) is 0. The molecule has 106 valence electrons. The normalized spacial score (nSPS) is 17.4. The smallest absolute Gasteiger partial charge is 0.0925 e. The molecule has 0 aromatic carbocycles. The topological polar surface area (TPSA) is 44.8 Å². The van der Waals surface area contributed by atoms with Crippen LogP contribution in [0.4, 0.5) is 0 Å². The lowest BCUT2D eigenvalue weighted by Crippen LogP contribution is -2.34. The fourth-order valence-corrected chi connectivity index (χ4v) is 2.96. The van der Waals surface area contributed by atoms with Gasteiger partial charge in [-0.25, -0.2) is 4.98 Å². The van der Waals surface area contributed by atoms with Gasteiger partial charge in [-0.3, -0.25) is 9.88 Å². The lowest BCUT2D eigenvalue weighted by Gasteiger charge is -2.31. The molecule has 4 heteroatoms. The van der Waals surface area contributed by atoms with E-state index in [4.69, 9.17) is 0 Å². The summed E-state index contributed by atoms with van der Waals surface area (Å²) in [6, 6.07) is 4.28. The van der Waals surface area contributed by atoms with Crippen molar-refractivity contribution in [3.05, 3.63) is 47.8 Å². The first-order valence-electron chi connectivity index (χ1n) is 7.41. The summed E-state index contributed by atoms with van der Waals surface area (Å²) in [6.45, 7) is 5.44. The summed E-state index contributed by atoms with van der Waals surface area (Å²) in [7, 11) is 0. The minimum absolute atomic E-state index is 0.814. The number of nitrogens with one attached hydrogen (secondary N) is 1. The largest absolute Gasteiger partial charge is 0.348 e. The monoisotopic (exact) mass is 270 g/mol. The third-order valence-corrected chi connectivity index (χ3v) is 4.29. The van der Waals surface area contributed by atoms with Gasteiger partial charge in [-0.15, -0.1) is 0 Å². The summed E-state index contributed by atoms with van der Waals surface area (Å²) in [5.41, 5.74) is 3.81. The first kappa shape index (κ1) is 13.3. The predicted octanol–water partition coefficient (Wildman–Crippen LogP) is 2.57. The Balaban J connectivity index is 1.49. The highest BCUT2D eigenvalue weighted by atomic mass is 15.1. The lowest BCUT2D eigenvalue weighted by molar-refractivity contribution is 0.175. The molecule has 1 aliphatic heterocycles. The molecule has 1 N–H and O–H groups in total. The van der Waals surface area contributed by atoms with Crippen molar-refractivity contribution in [2.45, 2.75) is 32.7 Å². The fourth-order valence-electron chi connectivity index (χ4n) is 2.96. The summed E-state index contributed by atoms with van der Waals surface area (Å²) in [4.78, 5) is 14.2. The average molecular weight is 270 g/mol. The van der Waals surface area contributed by atoms with Gasteiger partial charge >= 0.3 is 0 Å². The number of nitrogens with zero attached hydrogens (tertiary/aromatic N) is 3. The van der Waals surface area contributed by atoms with Crippen molar-refractivity contribution in [2.24, 2.45) is 5.92 Å². The van der Waals surface area contributed by atoms with E-state index in [-0.39, 0.29) is 0 Å².